The Hall–Kier alpha value is -1.62. The fraction of sp³-hybridized carbons (Fsp3) is 0.647. The maximum absolute atomic E-state index is 12.6. The van der Waals surface area contributed by atoms with E-state index in [9.17, 15) is 4.79 Å². The van der Waals surface area contributed by atoms with Gasteiger partial charge in [0.1, 0.15) is 5.60 Å². The first kappa shape index (κ1) is 18.4. The first-order valence-corrected chi connectivity index (χ1v) is 7.78. The number of methoxy groups -OCH3 is 1. The molecule has 0 aromatic carbocycles. The molecule has 1 amide bonds. The third kappa shape index (κ3) is 4.98. The van der Waals surface area contributed by atoms with Crippen LogP contribution in [-0.2, 0) is 9.53 Å². The van der Waals surface area contributed by atoms with Gasteiger partial charge in [-0.05, 0) is 38.7 Å². The summed E-state index contributed by atoms with van der Waals surface area (Å²) in [6.07, 6.45) is 3.14. The molecule has 0 unspecified atom stereocenters. The molecule has 1 N–H and O–H groups in total. The highest BCUT2D eigenvalue weighted by Crippen LogP contribution is 2.25. The van der Waals surface area contributed by atoms with Crippen LogP contribution in [0.4, 0.5) is 5.69 Å². The normalized spacial score (nSPS) is 13.8. The Bertz CT molecular complexity index is 503. The van der Waals surface area contributed by atoms with E-state index in [1.54, 1.807) is 13.3 Å². The zero-order valence-electron chi connectivity index (χ0n) is 14.5. The molecule has 22 heavy (non-hydrogen) atoms. The monoisotopic (exact) mass is 308 g/mol. The lowest BCUT2D eigenvalue weighted by Crippen LogP contribution is -2.44. The summed E-state index contributed by atoms with van der Waals surface area (Å²) in [7, 11) is 1.58. The summed E-state index contributed by atoms with van der Waals surface area (Å²) in [5.74, 6) is 0.787. The summed E-state index contributed by atoms with van der Waals surface area (Å²) < 4.78 is 11.0. The lowest BCUT2D eigenvalue weighted by atomic mass is 9.93. The molecule has 0 aliphatic rings. The number of aryl methyl sites for hydroxylation is 1. The van der Waals surface area contributed by atoms with Crippen molar-refractivity contribution in [3.63, 3.8) is 0 Å². The van der Waals surface area contributed by atoms with E-state index in [2.05, 4.69) is 24.1 Å². The van der Waals surface area contributed by atoms with E-state index in [-0.39, 0.29) is 5.91 Å². The van der Waals surface area contributed by atoms with Crippen molar-refractivity contribution in [1.29, 1.82) is 0 Å². The zero-order valence-corrected chi connectivity index (χ0v) is 14.5. The van der Waals surface area contributed by atoms with Crippen molar-refractivity contribution in [2.45, 2.75) is 53.1 Å². The molecular formula is C17H28N2O3. The third-order valence-electron chi connectivity index (χ3n) is 3.38. The van der Waals surface area contributed by atoms with Crippen LogP contribution in [0.15, 0.2) is 12.3 Å². The van der Waals surface area contributed by atoms with Gasteiger partial charge in [-0.1, -0.05) is 20.8 Å². The zero-order chi connectivity index (χ0) is 16.8. The SMILES string of the molecule is CCCO[C@](C)(CC(C)C)C(=O)Nc1cnc(OC)c(C)c1. The molecule has 0 fully saturated rings. The summed E-state index contributed by atoms with van der Waals surface area (Å²) in [4.78, 5) is 16.8. The molecule has 0 saturated heterocycles. The highest BCUT2D eigenvalue weighted by molar-refractivity contribution is 5.97. The van der Waals surface area contributed by atoms with Gasteiger partial charge in [0.05, 0.1) is 19.0 Å². The Labute approximate surface area is 133 Å². The average Bonchev–Trinajstić information content (AvgIpc) is 2.44. The molecule has 1 atom stereocenters. The molecular weight excluding hydrogens is 280 g/mol. The minimum atomic E-state index is -0.835. The van der Waals surface area contributed by atoms with Crippen LogP contribution in [0.2, 0.25) is 0 Å². The van der Waals surface area contributed by atoms with Crippen molar-refractivity contribution < 1.29 is 14.3 Å². The molecule has 124 valence electrons. The Morgan fingerprint density at radius 2 is 2.14 bits per heavy atom. The molecule has 1 aromatic heterocycles. The highest BCUT2D eigenvalue weighted by Gasteiger charge is 2.35. The van der Waals surface area contributed by atoms with E-state index >= 15 is 0 Å². The lowest BCUT2D eigenvalue weighted by Gasteiger charge is -2.30. The quantitative estimate of drug-likeness (QED) is 0.797. The molecule has 1 rings (SSSR count). The standard InChI is InChI=1S/C17H28N2O3/c1-7-8-22-17(5,10-12(2)3)16(20)19-14-9-13(4)15(21-6)18-11-14/h9,11-12H,7-8,10H2,1-6H3,(H,19,20)/t17-/m1/s1. The molecule has 1 aromatic rings. The molecule has 0 bridgehead atoms. The molecule has 0 spiro atoms. The number of nitrogens with one attached hydrogen (secondary N) is 1. The fourth-order valence-electron chi connectivity index (χ4n) is 2.43. The van der Waals surface area contributed by atoms with Crippen molar-refractivity contribution in [1.82, 2.24) is 4.98 Å². The van der Waals surface area contributed by atoms with Crippen LogP contribution in [0.5, 0.6) is 5.88 Å². The number of carbonyl (C=O) groups excluding carboxylic acids is 1. The maximum atomic E-state index is 12.6. The number of hydrogen-bond donors (Lipinski definition) is 1. The Balaban J connectivity index is 2.88. The Morgan fingerprint density at radius 1 is 1.45 bits per heavy atom. The molecule has 0 aliphatic carbocycles. The predicted molar refractivity (Wildman–Crippen MR) is 88.3 cm³/mol. The third-order valence-corrected chi connectivity index (χ3v) is 3.38. The summed E-state index contributed by atoms with van der Waals surface area (Å²) >= 11 is 0. The number of aromatic nitrogens is 1. The smallest absolute Gasteiger partial charge is 0.256 e. The molecule has 0 radical (unpaired) electrons. The van der Waals surface area contributed by atoms with Gasteiger partial charge in [0, 0.05) is 12.2 Å². The largest absolute Gasteiger partial charge is 0.481 e. The van der Waals surface area contributed by atoms with Gasteiger partial charge in [-0.15, -0.1) is 0 Å². The van der Waals surface area contributed by atoms with E-state index in [0.29, 0.717) is 30.5 Å². The van der Waals surface area contributed by atoms with Gasteiger partial charge in [0.2, 0.25) is 5.88 Å². The van der Waals surface area contributed by atoms with Crippen LogP contribution in [0.1, 0.15) is 46.1 Å². The van der Waals surface area contributed by atoms with Crippen LogP contribution < -0.4 is 10.1 Å². The minimum Gasteiger partial charge on any atom is -0.481 e. The topological polar surface area (TPSA) is 60.5 Å². The number of rotatable bonds is 8. The predicted octanol–water partition coefficient (Wildman–Crippen LogP) is 3.57. The first-order chi connectivity index (χ1) is 10.3. The van der Waals surface area contributed by atoms with Crippen LogP contribution in [0, 0.1) is 12.8 Å². The number of ether oxygens (including phenoxy) is 2. The van der Waals surface area contributed by atoms with Gasteiger partial charge in [-0.2, -0.15) is 0 Å². The first-order valence-electron chi connectivity index (χ1n) is 7.78. The van der Waals surface area contributed by atoms with Gasteiger partial charge in [-0.25, -0.2) is 4.98 Å². The molecule has 0 aliphatic heterocycles. The molecule has 5 heteroatoms. The van der Waals surface area contributed by atoms with Crippen molar-refractivity contribution in [2.75, 3.05) is 19.0 Å². The van der Waals surface area contributed by atoms with E-state index < -0.39 is 5.60 Å². The summed E-state index contributed by atoms with van der Waals surface area (Å²) in [6.45, 7) is 10.5. The summed E-state index contributed by atoms with van der Waals surface area (Å²) in [5, 5.41) is 2.91. The second-order valence-corrected chi connectivity index (χ2v) is 6.18. The number of pyridine rings is 1. The van der Waals surface area contributed by atoms with Gasteiger partial charge in [0.25, 0.3) is 5.91 Å². The van der Waals surface area contributed by atoms with Crippen molar-refractivity contribution in [2.24, 2.45) is 5.92 Å². The Morgan fingerprint density at radius 3 is 2.64 bits per heavy atom. The lowest BCUT2D eigenvalue weighted by molar-refractivity contribution is -0.141. The van der Waals surface area contributed by atoms with Crippen LogP contribution in [0.25, 0.3) is 0 Å². The number of anilines is 1. The van der Waals surface area contributed by atoms with Gasteiger partial charge >= 0.3 is 0 Å². The second kappa shape index (κ2) is 8.13. The summed E-state index contributed by atoms with van der Waals surface area (Å²) in [5.41, 5.74) is 0.691. The highest BCUT2D eigenvalue weighted by atomic mass is 16.5. The van der Waals surface area contributed by atoms with Crippen molar-refractivity contribution in [3.8, 4) is 5.88 Å². The molecule has 1 heterocycles. The second-order valence-electron chi connectivity index (χ2n) is 6.18. The van der Waals surface area contributed by atoms with E-state index in [0.717, 1.165) is 12.0 Å². The Kier molecular flexibility index (Phi) is 6.81. The average molecular weight is 308 g/mol. The van der Waals surface area contributed by atoms with Gasteiger partial charge < -0.3 is 14.8 Å². The summed E-state index contributed by atoms with van der Waals surface area (Å²) in [6, 6.07) is 1.85. The van der Waals surface area contributed by atoms with E-state index in [1.807, 2.05) is 26.8 Å². The minimum absolute atomic E-state index is 0.138. The van der Waals surface area contributed by atoms with Crippen LogP contribution in [-0.4, -0.2) is 30.2 Å². The van der Waals surface area contributed by atoms with Crippen LogP contribution >= 0.6 is 0 Å². The van der Waals surface area contributed by atoms with Crippen molar-refractivity contribution in [3.05, 3.63) is 17.8 Å². The molecule has 0 saturated carbocycles. The number of amides is 1. The number of carbonyl (C=O) groups is 1. The molecule has 5 nitrogen and oxygen atoms in total. The van der Waals surface area contributed by atoms with Gasteiger partial charge in [0.15, 0.2) is 0 Å². The van der Waals surface area contributed by atoms with Crippen LogP contribution in [0.3, 0.4) is 0 Å². The maximum Gasteiger partial charge on any atom is 0.256 e. The van der Waals surface area contributed by atoms with Gasteiger partial charge in [-0.3, -0.25) is 4.79 Å². The number of hydrogen-bond acceptors (Lipinski definition) is 4. The fourth-order valence-corrected chi connectivity index (χ4v) is 2.43. The van der Waals surface area contributed by atoms with Crippen molar-refractivity contribution >= 4 is 11.6 Å². The van der Waals surface area contributed by atoms with E-state index in [4.69, 9.17) is 9.47 Å². The number of nitrogens with zero attached hydrogens (tertiary/aromatic N) is 1. The van der Waals surface area contributed by atoms with E-state index in [1.165, 1.54) is 0 Å².